The second-order valence-electron chi connectivity index (χ2n) is 7.03. The zero-order valence-corrected chi connectivity index (χ0v) is 14.1. The van der Waals surface area contributed by atoms with Gasteiger partial charge < -0.3 is 9.80 Å². The zero-order valence-electron chi connectivity index (χ0n) is 14.1. The van der Waals surface area contributed by atoms with Crippen molar-refractivity contribution in [2.24, 2.45) is 5.92 Å². The Balaban J connectivity index is 1.70. The summed E-state index contributed by atoms with van der Waals surface area (Å²) in [5.41, 5.74) is 1.82. The van der Waals surface area contributed by atoms with E-state index in [4.69, 9.17) is 0 Å². The highest BCUT2D eigenvalue weighted by atomic mass is 16.2. The van der Waals surface area contributed by atoms with Gasteiger partial charge in [-0.1, -0.05) is 24.6 Å². The molecule has 2 aliphatic rings. The molecule has 4 nitrogen and oxygen atoms in total. The van der Waals surface area contributed by atoms with Crippen molar-refractivity contribution in [2.75, 3.05) is 19.6 Å². The molecule has 0 N–H and O–H groups in total. The third-order valence-electron chi connectivity index (χ3n) is 5.19. The summed E-state index contributed by atoms with van der Waals surface area (Å²) < 4.78 is 0. The fraction of sp³-hybridized carbons (Fsp3) is 0.579. The van der Waals surface area contributed by atoms with Crippen LogP contribution in [0, 0.1) is 12.8 Å². The number of hydrogen-bond acceptors (Lipinski definition) is 2. The third-order valence-corrected chi connectivity index (χ3v) is 5.19. The van der Waals surface area contributed by atoms with Gasteiger partial charge in [-0.15, -0.1) is 0 Å². The quantitative estimate of drug-likeness (QED) is 0.842. The fourth-order valence-electron chi connectivity index (χ4n) is 3.57. The minimum atomic E-state index is -0.266. The molecule has 0 aromatic heterocycles. The van der Waals surface area contributed by atoms with Gasteiger partial charge >= 0.3 is 0 Å². The zero-order chi connectivity index (χ0) is 16.4. The van der Waals surface area contributed by atoms with Crippen LogP contribution < -0.4 is 0 Å². The average Bonchev–Trinajstić information content (AvgIpc) is 3.04. The lowest BCUT2D eigenvalue weighted by atomic mass is 9.98. The molecule has 0 spiro atoms. The molecular formula is C19H26N2O2. The van der Waals surface area contributed by atoms with Crippen molar-refractivity contribution >= 4 is 11.8 Å². The van der Waals surface area contributed by atoms with Crippen LogP contribution in [0.25, 0.3) is 0 Å². The van der Waals surface area contributed by atoms with E-state index in [9.17, 15) is 9.59 Å². The molecule has 0 bridgehead atoms. The predicted molar refractivity (Wildman–Crippen MR) is 90.2 cm³/mol. The molecule has 1 aromatic rings. The molecule has 124 valence electrons. The van der Waals surface area contributed by atoms with Crippen LogP contribution in [-0.2, 0) is 4.79 Å². The van der Waals surface area contributed by atoms with E-state index in [1.165, 1.54) is 0 Å². The van der Waals surface area contributed by atoms with Crippen LogP contribution in [0.4, 0.5) is 0 Å². The van der Waals surface area contributed by atoms with Crippen molar-refractivity contribution in [3.8, 4) is 0 Å². The SMILES string of the molecule is Cc1ccc(C(=O)N2CCC[C@H]2C(=O)N2CCC(C)CC2)cc1. The molecule has 3 rings (SSSR count). The van der Waals surface area contributed by atoms with Gasteiger partial charge in [0.1, 0.15) is 6.04 Å². The Morgan fingerprint density at radius 1 is 1.00 bits per heavy atom. The van der Waals surface area contributed by atoms with Gasteiger partial charge in [-0.2, -0.15) is 0 Å². The van der Waals surface area contributed by atoms with Gasteiger partial charge in [0.2, 0.25) is 5.91 Å². The maximum absolute atomic E-state index is 12.8. The maximum atomic E-state index is 12.8. The number of piperidine rings is 1. The van der Waals surface area contributed by atoms with Gasteiger partial charge in [-0.3, -0.25) is 9.59 Å². The first-order chi connectivity index (χ1) is 11.1. The minimum absolute atomic E-state index is 0.00812. The standard InChI is InChI=1S/C19H26N2O2/c1-14-5-7-16(8-6-14)18(22)21-11-3-4-17(21)19(23)20-12-9-15(2)10-13-20/h5-8,15,17H,3-4,9-13H2,1-2H3/t17-/m0/s1. The molecule has 0 radical (unpaired) electrons. The van der Waals surface area contributed by atoms with Gasteiger partial charge in [0.25, 0.3) is 5.91 Å². The first kappa shape index (κ1) is 16.0. The highest BCUT2D eigenvalue weighted by Gasteiger charge is 2.37. The lowest BCUT2D eigenvalue weighted by Crippen LogP contribution is -2.49. The number of likely N-dealkylation sites (tertiary alicyclic amines) is 2. The van der Waals surface area contributed by atoms with E-state index in [0.717, 1.165) is 44.3 Å². The van der Waals surface area contributed by atoms with Crippen LogP contribution in [0.2, 0.25) is 0 Å². The Bertz CT molecular complexity index is 574. The lowest BCUT2D eigenvalue weighted by molar-refractivity contribution is -0.136. The molecule has 23 heavy (non-hydrogen) atoms. The normalized spacial score (nSPS) is 22.4. The van der Waals surface area contributed by atoms with Crippen LogP contribution in [-0.4, -0.2) is 47.3 Å². The van der Waals surface area contributed by atoms with Crippen molar-refractivity contribution in [1.29, 1.82) is 0 Å². The van der Waals surface area contributed by atoms with E-state index in [-0.39, 0.29) is 17.9 Å². The molecule has 1 atom stereocenters. The third kappa shape index (κ3) is 3.41. The van der Waals surface area contributed by atoms with Gasteiger partial charge in [-0.25, -0.2) is 0 Å². The Morgan fingerprint density at radius 2 is 1.65 bits per heavy atom. The number of benzene rings is 1. The average molecular weight is 314 g/mol. The van der Waals surface area contributed by atoms with Crippen LogP contribution in [0.5, 0.6) is 0 Å². The Kier molecular flexibility index (Phi) is 4.69. The summed E-state index contributed by atoms with van der Waals surface area (Å²) in [6, 6.07) is 7.36. The Hall–Kier alpha value is -1.84. The molecular weight excluding hydrogens is 288 g/mol. The lowest BCUT2D eigenvalue weighted by Gasteiger charge is -2.34. The van der Waals surface area contributed by atoms with Gasteiger partial charge in [0, 0.05) is 25.2 Å². The van der Waals surface area contributed by atoms with Gasteiger partial charge in [0.15, 0.2) is 0 Å². The van der Waals surface area contributed by atoms with Crippen LogP contribution >= 0.6 is 0 Å². The van der Waals surface area contributed by atoms with Crippen molar-refractivity contribution in [2.45, 2.75) is 45.6 Å². The van der Waals surface area contributed by atoms with E-state index in [0.29, 0.717) is 18.0 Å². The van der Waals surface area contributed by atoms with Crippen molar-refractivity contribution < 1.29 is 9.59 Å². The van der Waals surface area contributed by atoms with E-state index >= 15 is 0 Å². The molecule has 0 unspecified atom stereocenters. The fourth-order valence-corrected chi connectivity index (χ4v) is 3.57. The highest BCUT2D eigenvalue weighted by Crippen LogP contribution is 2.24. The topological polar surface area (TPSA) is 40.6 Å². The molecule has 2 heterocycles. The number of nitrogens with zero attached hydrogens (tertiary/aromatic N) is 2. The first-order valence-corrected chi connectivity index (χ1v) is 8.72. The summed E-state index contributed by atoms with van der Waals surface area (Å²) >= 11 is 0. The molecule has 0 aliphatic carbocycles. The summed E-state index contributed by atoms with van der Waals surface area (Å²) in [4.78, 5) is 29.3. The Morgan fingerprint density at radius 3 is 2.30 bits per heavy atom. The maximum Gasteiger partial charge on any atom is 0.254 e. The number of carbonyl (C=O) groups excluding carboxylic acids is 2. The van der Waals surface area contributed by atoms with Crippen LogP contribution in [0.3, 0.4) is 0 Å². The number of amides is 2. The van der Waals surface area contributed by atoms with E-state index in [1.54, 1.807) is 4.90 Å². The molecule has 0 saturated carbocycles. The summed E-state index contributed by atoms with van der Waals surface area (Å²) in [6.45, 7) is 6.61. The van der Waals surface area contributed by atoms with Crippen LogP contribution in [0.15, 0.2) is 24.3 Å². The number of aryl methyl sites for hydroxylation is 1. The number of carbonyl (C=O) groups is 2. The second kappa shape index (κ2) is 6.73. The molecule has 2 fully saturated rings. The smallest absolute Gasteiger partial charge is 0.254 e. The van der Waals surface area contributed by atoms with Crippen LogP contribution in [0.1, 0.15) is 48.5 Å². The predicted octanol–water partition coefficient (Wildman–Crippen LogP) is 2.86. The van der Waals surface area contributed by atoms with Crippen molar-refractivity contribution in [3.05, 3.63) is 35.4 Å². The summed E-state index contributed by atoms with van der Waals surface area (Å²) in [5.74, 6) is 0.842. The molecule has 2 saturated heterocycles. The number of rotatable bonds is 2. The highest BCUT2D eigenvalue weighted by molar-refractivity contribution is 5.98. The number of hydrogen-bond donors (Lipinski definition) is 0. The molecule has 2 amide bonds. The molecule has 4 heteroatoms. The molecule has 1 aromatic carbocycles. The second-order valence-corrected chi connectivity index (χ2v) is 7.03. The Labute approximate surface area is 138 Å². The molecule has 2 aliphatic heterocycles. The van der Waals surface area contributed by atoms with Gasteiger partial charge in [-0.05, 0) is 50.7 Å². The van der Waals surface area contributed by atoms with Crippen molar-refractivity contribution in [1.82, 2.24) is 9.80 Å². The van der Waals surface area contributed by atoms with Crippen molar-refractivity contribution in [3.63, 3.8) is 0 Å². The summed E-state index contributed by atoms with van der Waals surface area (Å²) in [6.07, 6.45) is 3.86. The van der Waals surface area contributed by atoms with E-state index < -0.39 is 0 Å². The monoisotopic (exact) mass is 314 g/mol. The minimum Gasteiger partial charge on any atom is -0.341 e. The van der Waals surface area contributed by atoms with E-state index in [2.05, 4.69) is 6.92 Å². The van der Waals surface area contributed by atoms with Gasteiger partial charge in [0.05, 0.1) is 0 Å². The summed E-state index contributed by atoms with van der Waals surface area (Å²) in [7, 11) is 0. The first-order valence-electron chi connectivity index (χ1n) is 8.72. The largest absolute Gasteiger partial charge is 0.341 e. The van der Waals surface area contributed by atoms with E-state index in [1.807, 2.05) is 36.1 Å². The summed E-state index contributed by atoms with van der Waals surface area (Å²) in [5, 5.41) is 0.